The van der Waals surface area contributed by atoms with E-state index in [1.807, 2.05) is 0 Å². The Bertz CT molecular complexity index is 320. The zero-order valence-corrected chi connectivity index (χ0v) is 15.4. The minimum Gasteiger partial charge on any atom is -0.380 e. The van der Waals surface area contributed by atoms with Crippen LogP contribution in [0, 0.1) is 17.4 Å². The van der Waals surface area contributed by atoms with Gasteiger partial charge in [-0.2, -0.15) is 0 Å². The minimum absolute atomic E-state index is 0.390. The van der Waals surface area contributed by atoms with Crippen molar-refractivity contribution in [2.24, 2.45) is 5.92 Å². The molecule has 20 heavy (non-hydrogen) atoms. The molecule has 2 heteroatoms. The smallest absolute Gasteiger partial charge is 0.146 e. The first kappa shape index (κ1) is 17.8. The zero-order valence-electron chi connectivity index (χ0n) is 14.4. The van der Waals surface area contributed by atoms with Gasteiger partial charge in [0, 0.05) is 0 Å². The fourth-order valence-corrected chi connectivity index (χ4v) is 9.46. The molecule has 1 saturated carbocycles. The summed E-state index contributed by atoms with van der Waals surface area (Å²) in [5.41, 5.74) is 5.61. The third-order valence-electron chi connectivity index (χ3n) is 5.40. The van der Waals surface area contributed by atoms with E-state index in [1.165, 1.54) is 19.3 Å². The Morgan fingerprint density at radius 2 is 1.30 bits per heavy atom. The fraction of sp³-hybridized carbons (Fsp3) is 0.889. The lowest BCUT2D eigenvalue weighted by atomic mass is 9.85. The van der Waals surface area contributed by atoms with E-state index in [0.717, 1.165) is 12.8 Å². The van der Waals surface area contributed by atoms with E-state index in [2.05, 4.69) is 53.0 Å². The quantitative estimate of drug-likeness (QED) is 0.561. The van der Waals surface area contributed by atoms with Crippen LogP contribution < -0.4 is 0 Å². The topological polar surface area (TPSA) is 20.2 Å². The highest BCUT2D eigenvalue weighted by atomic mass is 28.3. The van der Waals surface area contributed by atoms with Crippen molar-refractivity contribution in [2.75, 3.05) is 0 Å². The Balaban J connectivity index is 2.92. The van der Waals surface area contributed by atoms with Crippen molar-refractivity contribution < 1.29 is 5.11 Å². The van der Waals surface area contributed by atoms with Gasteiger partial charge >= 0.3 is 0 Å². The summed E-state index contributed by atoms with van der Waals surface area (Å²) in [7, 11) is -1.68. The summed E-state index contributed by atoms with van der Waals surface area (Å²) in [6.45, 7) is 14.0. The molecule has 1 rings (SSSR count). The van der Waals surface area contributed by atoms with Crippen molar-refractivity contribution in [3.8, 4) is 11.5 Å². The molecule has 0 aromatic heterocycles. The van der Waals surface area contributed by atoms with Crippen molar-refractivity contribution in [3.05, 3.63) is 0 Å². The summed E-state index contributed by atoms with van der Waals surface area (Å²) in [5, 5.41) is 10.4. The normalized spacial score (nSPS) is 19.3. The van der Waals surface area contributed by atoms with Crippen LogP contribution in [0.4, 0.5) is 0 Å². The third kappa shape index (κ3) is 3.89. The highest BCUT2D eigenvalue weighted by Gasteiger charge is 2.41. The van der Waals surface area contributed by atoms with Gasteiger partial charge in [-0.25, -0.2) is 0 Å². The first-order valence-electron chi connectivity index (χ1n) is 8.53. The summed E-state index contributed by atoms with van der Waals surface area (Å²) >= 11 is 0. The maximum absolute atomic E-state index is 10.4. The largest absolute Gasteiger partial charge is 0.380 e. The summed E-state index contributed by atoms with van der Waals surface area (Å²) in [4.78, 5) is 0. The molecule has 0 radical (unpaired) electrons. The van der Waals surface area contributed by atoms with E-state index in [0.29, 0.717) is 22.5 Å². The standard InChI is InChI=1S/C18H34OSi/c1-14(2)20(15(3)4,16(5)6)13-12-18(19)17-10-8-7-9-11-17/h14-19H,7-11H2,1-6H3/t18-/m0/s1. The second-order valence-corrected chi connectivity index (χ2v) is 13.1. The summed E-state index contributed by atoms with van der Waals surface area (Å²) in [6.07, 6.45) is 5.80. The Morgan fingerprint density at radius 1 is 0.850 bits per heavy atom. The lowest BCUT2D eigenvalue weighted by molar-refractivity contribution is 0.133. The molecule has 0 saturated heterocycles. The van der Waals surface area contributed by atoms with Gasteiger partial charge in [0.1, 0.15) is 14.2 Å². The van der Waals surface area contributed by atoms with Crippen LogP contribution in [-0.2, 0) is 0 Å². The van der Waals surface area contributed by atoms with Crippen LogP contribution in [0.15, 0.2) is 0 Å². The monoisotopic (exact) mass is 294 g/mol. The highest BCUT2D eigenvalue weighted by Crippen LogP contribution is 2.40. The maximum atomic E-state index is 10.4. The van der Waals surface area contributed by atoms with Gasteiger partial charge in [-0.1, -0.05) is 66.7 Å². The fourth-order valence-electron chi connectivity index (χ4n) is 4.20. The van der Waals surface area contributed by atoms with E-state index < -0.39 is 14.2 Å². The molecule has 0 aliphatic heterocycles. The molecule has 0 amide bonds. The Hall–Kier alpha value is -0.263. The van der Waals surface area contributed by atoms with Crippen LogP contribution >= 0.6 is 0 Å². The van der Waals surface area contributed by atoms with Crippen molar-refractivity contribution in [1.29, 1.82) is 0 Å². The zero-order chi connectivity index (χ0) is 15.3. The predicted octanol–water partition coefficient (Wildman–Crippen LogP) is 5.15. The molecule has 0 spiro atoms. The number of aliphatic hydroxyl groups excluding tert-OH is 1. The molecule has 0 bridgehead atoms. The molecule has 1 fully saturated rings. The molecular formula is C18H34OSi. The molecule has 1 nitrogen and oxygen atoms in total. The summed E-state index contributed by atoms with van der Waals surface area (Å²) < 4.78 is 0. The molecule has 0 unspecified atom stereocenters. The number of hydrogen-bond donors (Lipinski definition) is 1. The van der Waals surface area contributed by atoms with E-state index in [4.69, 9.17) is 0 Å². The lowest BCUT2D eigenvalue weighted by Crippen LogP contribution is -2.43. The summed E-state index contributed by atoms with van der Waals surface area (Å²) in [6, 6.07) is 0. The number of rotatable bonds is 4. The second-order valence-electron chi connectivity index (χ2n) is 7.51. The van der Waals surface area contributed by atoms with E-state index in [1.54, 1.807) is 0 Å². The Morgan fingerprint density at radius 3 is 1.70 bits per heavy atom. The van der Waals surface area contributed by atoms with Crippen LogP contribution in [0.3, 0.4) is 0 Å². The van der Waals surface area contributed by atoms with Gasteiger partial charge in [0.25, 0.3) is 0 Å². The van der Waals surface area contributed by atoms with Gasteiger partial charge in [0.2, 0.25) is 0 Å². The maximum Gasteiger partial charge on any atom is 0.146 e. The van der Waals surface area contributed by atoms with Gasteiger partial charge < -0.3 is 5.11 Å². The average Bonchev–Trinajstić information content (AvgIpc) is 2.38. The van der Waals surface area contributed by atoms with Crippen LogP contribution in [0.1, 0.15) is 73.6 Å². The van der Waals surface area contributed by atoms with Gasteiger partial charge in [-0.05, 0) is 35.4 Å². The SMILES string of the molecule is CC(C)[Si](C#C[C@H](O)C1CCCCC1)(C(C)C)C(C)C. The first-order valence-corrected chi connectivity index (χ1v) is 10.8. The summed E-state index contributed by atoms with van der Waals surface area (Å²) in [5.74, 6) is 3.73. The molecule has 0 heterocycles. The second kappa shape index (κ2) is 7.66. The lowest BCUT2D eigenvalue weighted by Gasteiger charge is -2.38. The van der Waals surface area contributed by atoms with Gasteiger partial charge in [0.05, 0.1) is 0 Å². The van der Waals surface area contributed by atoms with E-state index >= 15 is 0 Å². The van der Waals surface area contributed by atoms with Crippen LogP contribution in [0.5, 0.6) is 0 Å². The minimum atomic E-state index is -1.68. The highest BCUT2D eigenvalue weighted by molar-refractivity contribution is 6.90. The first-order chi connectivity index (χ1) is 9.32. The average molecular weight is 295 g/mol. The molecule has 1 N–H and O–H groups in total. The Kier molecular flexibility index (Phi) is 6.81. The van der Waals surface area contributed by atoms with E-state index in [9.17, 15) is 5.11 Å². The van der Waals surface area contributed by atoms with Gasteiger partial charge in [-0.3, -0.25) is 0 Å². The van der Waals surface area contributed by atoms with Crippen molar-refractivity contribution in [1.82, 2.24) is 0 Å². The van der Waals surface area contributed by atoms with Crippen LogP contribution in [-0.4, -0.2) is 19.3 Å². The molecule has 0 aromatic carbocycles. The van der Waals surface area contributed by atoms with Crippen molar-refractivity contribution in [3.63, 3.8) is 0 Å². The van der Waals surface area contributed by atoms with Crippen LogP contribution in [0.25, 0.3) is 0 Å². The number of aliphatic hydroxyl groups is 1. The predicted molar refractivity (Wildman–Crippen MR) is 91.4 cm³/mol. The molecule has 1 atom stereocenters. The molecular weight excluding hydrogens is 260 g/mol. The van der Waals surface area contributed by atoms with Gasteiger partial charge in [-0.15, -0.1) is 5.54 Å². The Labute approximate surface area is 127 Å². The third-order valence-corrected chi connectivity index (χ3v) is 11.7. The molecule has 1 aliphatic rings. The van der Waals surface area contributed by atoms with Crippen molar-refractivity contribution >= 4 is 8.07 Å². The van der Waals surface area contributed by atoms with Crippen molar-refractivity contribution in [2.45, 2.75) is 96.4 Å². The van der Waals surface area contributed by atoms with Gasteiger partial charge in [0.15, 0.2) is 0 Å². The van der Waals surface area contributed by atoms with E-state index in [-0.39, 0.29) is 0 Å². The molecule has 1 aliphatic carbocycles. The number of hydrogen-bond acceptors (Lipinski definition) is 1. The molecule has 116 valence electrons. The molecule has 0 aromatic rings. The van der Waals surface area contributed by atoms with Crippen LogP contribution in [0.2, 0.25) is 16.6 Å².